The van der Waals surface area contributed by atoms with E-state index in [0.717, 1.165) is 22.3 Å². The van der Waals surface area contributed by atoms with Crippen LogP contribution in [-0.4, -0.2) is 49.6 Å². The van der Waals surface area contributed by atoms with Gasteiger partial charge in [-0.05, 0) is 81.0 Å². The Morgan fingerprint density at radius 3 is 2.00 bits per heavy atom. The van der Waals surface area contributed by atoms with Gasteiger partial charge in [0, 0.05) is 57.2 Å². The van der Waals surface area contributed by atoms with Gasteiger partial charge in [-0.1, -0.05) is 25.3 Å². The highest BCUT2D eigenvalue weighted by Gasteiger charge is 2.23. The van der Waals surface area contributed by atoms with E-state index in [1.807, 2.05) is 19.9 Å². The Hall–Kier alpha value is -5.25. The summed E-state index contributed by atoms with van der Waals surface area (Å²) in [6.45, 7) is 14.8. The monoisotopic (exact) mass is 582 g/mol. The molecule has 0 radical (unpaired) electrons. The second-order valence-corrected chi connectivity index (χ2v) is 10.5. The van der Waals surface area contributed by atoms with Gasteiger partial charge in [-0.2, -0.15) is 0 Å². The fraction of sp³-hybridized carbons (Fsp3) is 0.242. The van der Waals surface area contributed by atoms with E-state index in [1.54, 1.807) is 38.2 Å². The van der Waals surface area contributed by atoms with Gasteiger partial charge >= 0.3 is 11.9 Å². The fourth-order valence-electron chi connectivity index (χ4n) is 5.34. The van der Waals surface area contributed by atoms with E-state index in [-0.39, 0.29) is 37.5 Å². The fourth-order valence-corrected chi connectivity index (χ4v) is 5.34. The van der Waals surface area contributed by atoms with Crippen LogP contribution >= 0.6 is 0 Å². The third-order valence-corrected chi connectivity index (χ3v) is 7.85. The second-order valence-electron chi connectivity index (χ2n) is 10.5. The molecule has 222 valence electrons. The Labute approximate surface area is 248 Å². The van der Waals surface area contributed by atoms with Gasteiger partial charge in [0.1, 0.15) is 0 Å². The van der Waals surface area contributed by atoms with Crippen LogP contribution in [0.2, 0.25) is 0 Å². The zero-order valence-corrected chi connectivity index (χ0v) is 24.6. The molecule has 0 aliphatic carbocycles. The number of carbonyl (C=O) groups is 4. The largest absolute Gasteiger partial charge is 0.481 e. The van der Waals surface area contributed by atoms with Crippen molar-refractivity contribution in [2.75, 3.05) is 0 Å². The first-order valence-corrected chi connectivity index (χ1v) is 13.8. The van der Waals surface area contributed by atoms with Crippen molar-refractivity contribution in [3.05, 3.63) is 97.6 Å². The number of aromatic amines is 2. The van der Waals surface area contributed by atoms with Crippen molar-refractivity contribution in [1.82, 2.24) is 15.3 Å². The van der Waals surface area contributed by atoms with E-state index >= 15 is 0 Å². The summed E-state index contributed by atoms with van der Waals surface area (Å²) >= 11 is 0. The summed E-state index contributed by atoms with van der Waals surface area (Å²) in [4.78, 5) is 58.4. The van der Waals surface area contributed by atoms with Gasteiger partial charge in [0.15, 0.2) is 0 Å². The highest BCUT2D eigenvalue weighted by Crippen LogP contribution is 2.27. The van der Waals surface area contributed by atoms with Crippen molar-refractivity contribution in [1.29, 1.82) is 0 Å². The number of nitrogens with zero attached hydrogens (tertiary/aromatic N) is 1. The Morgan fingerprint density at radius 2 is 1.40 bits per heavy atom. The summed E-state index contributed by atoms with van der Waals surface area (Å²) in [5.41, 5.74) is 7.92. The number of hydrogen-bond acceptors (Lipinski definition) is 4. The Bertz CT molecular complexity index is 1860. The predicted octanol–water partition coefficient (Wildman–Crippen LogP) is 3.06. The van der Waals surface area contributed by atoms with Gasteiger partial charge in [0.25, 0.3) is 11.8 Å². The molecule has 0 saturated heterocycles. The Balaban J connectivity index is 1.93. The first-order chi connectivity index (χ1) is 20.4. The number of aliphatic imine (C=N–C) groups is 1. The SMILES string of the molecule is C=CC1=C(C)C(=O)NC1=Cc1[nH]c(C=c2[nH]c(=CC3=NC(=O)C(C)=C3C=C)c(C)c2CCC(=O)O)c(CCC(=O)O)c1C. The first-order valence-electron chi connectivity index (χ1n) is 13.8. The van der Waals surface area contributed by atoms with Crippen LogP contribution in [0.4, 0.5) is 0 Å². The number of carboxylic acids is 2. The third-order valence-electron chi connectivity index (χ3n) is 7.85. The number of aromatic nitrogens is 2. The molecule has 0 unspecified atom stereocenters. The van der Waals surface area contributed by atoms with Crippen LogP contribution in [0.1, 0.15) is 60.3 Å². The number of hydrogen-bond donors (Lipinski definition) is 5. The molecule has 0 saturated carbocycles. The molecule has 2 aliphatic rings. The van der Waals surface area contributed by atoms with Gasteiger partial charge in [-0.15, -0.1) is 0 Å². The summed E-state index contributed by atoms with van der Waals surface area (Å²) in [6, 6.07) is 0. The Kier molecular flexibility index (Phi) is 8.80. The van der Waals surface area contributed by atoms with Crippen LogP contribution in [0.25, 0.3) is 18.2 Å². The summed E-state index contributed by atoms with van der Waals surface area (Å²) in [5.74, 6) is -2.43. The topological polar surface area (TPSA) is 165 Å². The number of amides is 2. The molecule has 0 fully saturated rings. The van der Waals surface area contributed by atoms with Crippen molar-refractivity contribution >= 4 is 47.7 Å². The predicted molar refractivity (Wildman–Crippen MR) is 165 cm³/mol. The van der Waals surface area contributed by atoms with Crippen LogP contribution in [-0.2, 0) is 32.0 Å². The van der Waals surface area contributed by atoms with Crippen LogP contribution in [0.5, 0.6) is 0 Å². The summed E-state index contributed by atoms with van der Waals surface area (Å²) < 4.78 is 0. The summed E-state index contributed by atoms with van der Waals surface area (Å²) in [5, 5.41) is 23.0. The number of H-pyrrole nitrogens is 2. The van der Waals surface area contributed by atoms with E-state index in [2.05, 4.69) is 33.4 Å². The number of nitrogens with one attached hydrogen (secondary N) is 3. The lowest BCUT2D eigenvalue weighted by Crippen LogP contribution is -2.15. The molecule has 0 bridgehead atoms. The maximum absolute atomic E-state index is 12.3. The lowest BCUT2D eigenvalue weighted by molar-refractivity contribution is -0.138. The van der Waals surface area contributed by atoms with E-state index in [0.29, 0.717) is 55.8 Å². The minimum absolute atomic E-state index is 0.0955. The molecule has 2 aromatic heterocycles. The molecule has 43 heavy (non-hydrogen) atoms. The quantitative estimate of drug-likeness (QED) is 0.273. The standard InChI is InChI=1S/C33H34N4O6/c1-7-20-18(5)32(42)36-26(20)13-24-16(3)22(9-11-30(38)39)28(34-24)15-29-23(10-12-31(40)41)17(4)25(35-29)14-27-21(8-2)19(6)33(43)37-27/h7-8,13-15,34-35H,1-2,9-12H2,3-6H3,(H,36,42)(H,38,39)(H,40,41). The van der Waals surface area contributed by atoms with Crippen molar-refractivity contribution in [2.24, 2.45) is 4.99 Å². The van der Waals surface area contributed by atoms with Crippen molar-refractivity contribution in [2.45, 2.75) is 53.4 Å². The average molecular weight is 583 g/mol. The number of rotatable bonds is 11. The highest BCUT2D eigenvalue weighted by molar-refractivity contribution is 6.32. The van der Waals surface area contributed by atoms with Gasteiger partial charge in [0.05, 0.1) is 11.4 Å². The molecule has 4 heterocycles. The molecule has 2 aromatic rings. The highest BCUT2D eigenvalue weighted by atomic mass is 16.4. The minimum Gasteiger partial charge on any atom is -0.481 e. The van der Waals surface area contributed by atoms with Crippen molar-refractivity contribution in [3.63, 3.8) is 0 Å². The zero-order valence-electron chi connectivity index (χ0n) is 24.6. The minimum atomic E-state index is -0.942. The maximum atomic E-state index is 12.3. The van der Waals surface area contributed by atoms with Crippen molar-refractivity contribution in [3.8, 4) is 0 Å². The van der Waals surface area contributed by atoms with E-state index < -0.39 is 11.9 Å². The van der Waals surface area contributed by atoms with E-state index in [1.165, 1.54) is 0 Å². The first kappa shape index (κ1) is 30.7. The Morgan fingerprint density at radius 1 is 0.767 bits per heavy atom. The smallest absolute Gasteiger partial charge is 0.303 e. The van der Waals surface area contributed by atoms with E-state index in [4.69, 9.17) is 0 Å². The van der Waals surface area contributed by atoms with Crippen LogP contribution < -0.4 is 16.0 Å². The normalized spacial score (nSPS) is 16.9. The van der Waals surface area contributed by atoms with Gasteiger partial charge in [-0.25, -0.2) is 4.99 Å². The molecule has 5 N–H and O–H groups in total. The number of aliphatic carboxylic acids is 2. The number of allylic oxidation sites excluding steroid dienone is 3. The number of carboxylic acid groups (broad SMARTS) is 2. The summed E-state index contributed by atoms with van der Waals surface area (Å²) in [7, 11) is 0. The molecule has 2 aliphatic heterocycles. The van der Waals surface area contributed by atoms with Crippen LogP contribution in [0, 0.1) is 13.8 Å². The summed E-state index contributed by atoms with van der Waals surface area (Å²) in [6.07, 6.45) is 8.88. The lowest BCUT2D eigenvalue weighted by atomic mass is 10.0. The number of carbonyl (C=O) groups excluding carboxylic acids is 2. The lowest BCUT2D eigenvalue weighted by Gasteiger charge is -2.02. The maximum Gasteiger partial charge on any atom is 0.303 e. The van der Waals surface area contributed by atoms with Crippen molar-refractivity contribution < 1.29 is 29.4 Å². The third kappa shape index (κ3) is 6.18. The zero-order chi connectivity index (χ0) is 31.6. The van der Waals surface area contributed by atoms with Gasteiger partial charge < -0.3 is 25.5 Å². The van der Waals surface area contributed by atoms with Gasteiger partial charge in [0.2, 0.25) is 0 Å². The molecule has 0 aromatic carbocycles. The van der Waals surface area contributed by atoms with Crippen LogP contribution in [0.3, 0.4) is 0 Å². The van der Waals surface area contributed by atoms with Gasteiger partial charge in [-0.3, -0.25) is 19.2 Å². The molecule has 10 heteroatoms. The molecule has 0 spiro atoms. The van der Waals surface area contributed by atoms with Crippen LogP contribution in [0.15, 0.2) is 58.3 Å². The molecule has 0 atom stereocenters. The second kappa shape index (κ2) is 12.3. The molecule has 10 nitrogen and oxygen atoms in total. The molecular formula is C33H34N4O6. The molecule has 2 amide bonds. The molecular weight excluding hydrogens is 548 g/mol. The average Bonchev–Trinajstić information content (AvgIpc) is 3.59. The van der Waals surface area contributed by atoms with E-state index in [9.17, 15) is 29.4 Å². The molecule has 4 rings (SSSR count).